The van der Waals surface area contributed by atoms with Crippen LogP contribution in [0.5, 0.6) is 0 Å². The van der Waals surface area contributed by atoms with Crippen LogP contribution in [-0.4, -0.2) is 4.57 Å². The summed E-state index contributed by atoms with van der Waals surface area (Å²) in [7, 11) is 0. The summed E-state index contributed by atoms with van der Waals surface area (Å²) in [6.07, 6.45) is 0. The van der Waals surface area contributed by atoms with Crippen LogP contribution in [0.4, 0.5) is 17.1 Å². The van der Waals surface area contributed by atoms with E-state index in [1.165, 1.54) is 65.6 Å². The van der Waals surface area contributed by atoms with Crippen LogP contribution in [0.3, 0.4) is 0 Å². The zero-order valence-corrected chi connectivity index (χ0v) is 38.7. The number of aromatic nitrogens is 1. The molecule has 0 aliphatic heterocycles. The summed E-state index contributed by atoms with van der Waals surface area (Å²) in [6, 6.07) is 96.7. The maximum absolute atomic E-state index is 6.43. The first-order valence-corrected chi connectivity index (χ1v) is 24.3. The Bertz CT molecular complexity index is 4290. The van der Waals surface area contributed by atoms with Crippen molar-refractivity contribution in [2.45, 2.75) is 0 Å². The van der Waals surface area contributed by atoms with Gasteiger partial charge in [-0.15, -0.1) is 0 Å². The first-order valence-electron chi connectivity index (χ1n) is 24.3. The molecule has 2 aromatic heterocycles. The third-order valence-electron chi connectivity index (χ3n) is 14.4. The maximum Gasteiger partial charge on any atom is 0.136 e. The van der Waals surface area contributed by atoms with Gasteiger partial charge in [-0.1, -0.05) is 188 Å². The summed E-state index contributed by atoms with van der Waals surface area (Å²) in [6.45, 7) is 0. The summed E-state index contributed by atoms with van der Waals surface area (Å²) in [5.41, 5.74) is 17.8. The van der Waals surface area contributed by atoms with Crippen molar-refractivity contribution >= 4 is 82.4 Å². The van der Waals surface area contributed by atoms with E-state index in [2.05, 4.69) is 270 Å². The number of hydrogen-bond acceptors (Lipinski definition) is 2. The van der Waals surface area contributed by atoms with Gasteiger partial charge in [0.15, 0.2) is 0 Å². The average Bonchev–Trinajstić information content (AvgIpc) is 4.00. The SMILES string of the molecule is c1cc(-c2ccc(N(c3ccc(-c4cc5ccccc5c5ccccc45)cc3)c3ccccc3-c3cccc4oc5ccccc5c34)cc2)cc(-c2cccc(-n3c4ccccc4c4ccccc43)c2)c1. The monoisotopic (exact) mass is 904 g/mol. The minimum Gasteiger partial charge on any atom is -0.456 e. The maximum atomic E-state index is 6.43. The molecule has 0 bridgehead atoms. The van der Waals surface area contributed by atoms with Crippen LogP contribution >= 0.6 is 0 Å². The molecule has 3 heteroatoms. The third-order valence-corrected chi connectivity index (χ3v) is 14.4. The molecule has 0 aliphatic carbocycles. The fourth-order valence-corrected chi connectivity index (χ4v) is 11.1. The van der Waals surface area contributed by atoms with Gasteiger partial charge in [0, 0.05) is 44.2 Å². The first kappa shape index (κ1) is 40.6. The molecule has 0 atom stereocenters. The van der Waals surface area contributed by atoms with E-state index in [1.54, 1.807) is 0 Å². The molecular weight excluding hydrogens is 861 g/mol. The van der Waals surface area contributed by atoms with Gasteiger partial charge in [-0.05, 0) is 139 Å². The Morgan fingerprint density at radius 3 is 1.56 bits per heavy atom. The summed E-state index contributed by atoms with van der Waals surface area (Å²) < 4.78 is 8.81. The van der Waals surface area contributed by atoms with Crippen molar-refractivity contribution in [3.05, 3.63) is 267 Å². The minimum atomic E-state index is 0.877. The van der Waals surface area contributed by atoms with Gasteiger partial charge in [-0.25, -0.2) is 0 Å². The molecule has 71 heavy (non-hydrogen) atoms. The van der Waals surface area contributed by atoms with Gasteiger partial charge in [0.2, 0.25) is 0 Å². The minimum absolute atomic E-state index is 0.877. The molecular formula is C68H44N2O. The number of para-hydroxylation sites is 4. The van der Waals surface area contributed by atoms with Gasteiger partial charge in [0.1, 0.15) is 11.2 Å². The van der Waals surface area contributed by atoms with Gasteiger partial charge < -0.3 is 13.9 Å². The molecule has 14 aromatic rings. The Balaban J connectivity index is 0.873. The number of hydrogen-bond donors (Lipinski definition) is 0. The van der Waals surface area contributed by atoms with Crippen LogP contribution in [-0.2, 0) is 0 Å². The van der Waals surface area contributed by atoms with E-state index in [1.807, 2.05) is 6.07 Å². The smallest absolute Gasteiger partial charge is 0.136 e. The first-order chi connectivity index (χ1) is 35.2. The quantitative estimate of drug-likeness (QED) is 0.142. The number of nitrogens with zero attached hydrogens (tertiary/aromatic N) is 2. The highest BCUT2D eigenvalue weighted by Gasteiger charge is 2.21. The van der Waals surface area contributed by atoms with Crippen molar-refractivity contribution in [1.82, 2.24) is 4.57 Å². The number of anilines is 3. The van der Waals surface area contributed by atoms with Gasteiger partial charge in [0.05, 0.1) is 16.7 Å². The van der Waals surface area contributed by atoms with Crippen molar-refractivity contribution in [3.63, 3.8) is 0 Å². The Morgan fingerprint density at radius 1 is 0.296 bits per heavy atom. The standard InChI is InChI=1S/C68H44N2O/c1-2-21-54-50(16-1)44-62(56-23-4-3-22-55(54)56)46-36-40-52(41-37-46)69(63-29-9-7-26-59(63)60-28-15-33-67-68(60)61-27-8-12-32-66(61)71-67)51-38-34-45(35-39-51)47-17-13-18-48(42-47)49-19-14-20-53(43-49)70-64-30-10-5-24-57(64)58-25-6-11-31-65(58)70/h1-44H. The second-order valence-corrected chi connectivity index (χ2v) is 18.4. The molecule has 0 saturated heterocycles. The van der Waals surface area contributed by atoms with E-state index in [0.717, 1.165) is 66.9 Å². The Labute approximate surface area is 411 Å². The fraction of sp³-hybridized carbons (Fsp3) is 0. The van der Waals surface area contributed by atoms with E-state index in [-0.39, 0.29) is 0 Å². The van der Waals surface area contributed by atoms with Crippen LogP contribution in [0.25, 0.3) is 115 Å². The summed E-state index contributed by atoms with van der Waals surface area (Å²) >= 11 is 0. The van der Waals surface area contributed by atoms with Gasteiger partial charge in [-0.2, -0.15) is 0 Å². The molecule has 0 spiro atoms. The van der Waals surface area contributed by atoms with Crippen LogP contribution in [0, 0.1) is 0 Å². The number of benzene rings is 12. The van der Waals surface area contributed by atoms with Crippen LogP contribution < -0.4 is 4.90 Å². The molecule has 0 aliphatic rings. The molecule has 3 nitrogen and oxygen atoms in total. The van der Waals surface area contributed by atoms with Crippen molar-refractivity contribution in [2.24, 2.45) is 0 Å². The molecule has 2 heterocycles. The van der Waals surface area contributed by atoms with Crippen molar-refractivity contribution in [3.8, 4) is 50.2 Å². The Hall–Kier alpha value is -9.44. The van der Waals surface area contributed by atoms with E-state index in [4.69, 9.17) is 4.42 Å². The number of furan rings is 1. The van der Waals surface area contributed by atoms with Gasteiger partial charge >= 0.3 is 0 Å². The predicted molar refractivity (Wildman–Crippen MR) is 299 cm³/mol. The lowest BCUT2D eigenvalue weighted by molar-refractivity contribution is 0.669. The molecule has 12 aromatic carbocycles. The van der Waals surface area contributed by atoms with Crippen molar-refractivity contribution < 1.29 is 4.42 Å². The molecule has 0 N–H and O–H groups in total. The van der Waals surface area contributed by atoms with E-state index >= 15 is 0 Å². The van der Waals surface area contributed by atoms with Crippen LogP contribution in [0.1, 0.15) is 0 Å². The Morgan fingerprint density at radius 2 is 0.817 bits per heavy atom. The molecule has 0 radical (unpaired) electrons. The highest BCUT2D eigenvalue weighted by Crippen LogP contribution is 2.46. The van der Waals surface area contributed by atoms with Crippen LogP contribution in [0.15, 0.2) is 271 Å². The lowest BCUT2D eigenvalue weighted by Crippen LogP contribution is -2.11. The molecule has 332 valence electrons. The second-order valence-electron chi connectivity index (χ2n) is 18.4. The fourth-order valence-electron chi connectivity index (χ4n) is 11.1. The summed E-state index contributed by atoms with van der Waals surface area (Å²) in [5, 5.41) is 9.76. The summed E-state index contributed by atoms with van der Waals surface area (Å²) in [5.74, 6) is 0. The highest BCUT2D eigenvalue weighted by atomic mass is 16.3. The van der Waals surface area contributed by atoms with Crippen molar-refractivity contribution in [1.29, 1.82) is 0 Å². The van der Waals surface area contributed by atoms with E-state index in [9.17, 15) is 0 Å². The lowest BCUT2D eigenvalue weighted by atomic mass is 9.93. The van der Waals surface area contributed by atoms with Crippen molar-refractivity contribution in [2.75, 3.05) is 4.90 Å². The summed E-state index contributed by atoms with van der Waals surface area (Å²) in [4.78, 5) is 2.40. The average molecular weight is 905 g/mol. The van der Waals surface area contributed by atoms with Crippen LogP contribution in [0.2, 0.25) is 0 Å². The zero-order valence-electron chi connectivity index (χ0n) is 38.7. The van der Waals surface area contributed by atoms with E-state index in [0.29, 0.717) is 0 Å². The molecule has 0 unspecified atom stereocenters. The second kappa shape index (κ2) is 16.7. The normalized spacial score (nSPS) is 11.7. The Kier molecular flexibility index (Phi) is 9.53. The van der Waals surface area contributed by atoms with Gasteiger partial charge in [0.25, 0.3) is 0 Å². The lowest BCUT2D eigenvalue weighted by Gasteiger charge is -2.28. The third kappa shape index (κ3) is 6.82. The molecule has 14 rings (SSSR count). The highest BCUT2D eigenvalue weighted by molar-refractivity contribution is 6.15. The number of rotatable bonds is 8. The van der Waals surface area contributed by atoms with E-state index < -0.39 is 0 Å². The molecule has 0 amide bonds. The zero-order chi connectivity index (χ0) is 46.8. The predicted octanol–water partition coefficient (Wildman–Crippen LogP) is 19.1. The molecule has 0 fully saturated rings. The largest absolute Gasteiger partial charge is 0.456 e. The topological polar surface area (TPSA) is 21.3 Å². The number of fused-ring (bicyclic) bond motifs is 9. The van der Waals surface area contributed by atoms with Gasteiger partial charge in [-0.3, -0.25) is 0 Å². The molecule has 0 saturated carbocycles.